The molecule has 1 atom stereocenters. The lowest BCUT2D eigenvalue weighted by Gasteiger charge is -2.33. The predicted octanol–water partition coefficient (Wildman–Crippen LogP) is 4.46. The van der Waals surface area contributed by atoms with E-state index < -0.39 is 0 Å². The number of piperidine rings is 1. The Balaban J connectivity index is 1.50. The van der Waals surface area contributed by atoms with Crippen molar-refractivity contribution in [3.8, 4) is 0 Å². The minimum Gasteiger partial charge on any atom is -0.355 e. The summed E-state index contributed by atoms with van der Waals surface area (Å²) in [6.45, 7) is 3.72. The Bertz CT molecular complexity index is 887. The van der Waals surface area contributed by atoms with Crippen molar-refractivity contribution < 1.29 is 4.79 Å². The van der Waals surface area contributed by atoms with Gasteiger partial charge in [-0.3, -0.25) is 4.79 Å². The van der Waals surface area contributed by atoms with Crippen molar-refractivity contribution in [1.82, 2.24) is 4.98 Å². The van der Waals surface area contributed by atoms with E-state index >= 15 is 0 Å². The number of thiophene rings is 1. The van der Waals surface area contributed by atoms with Crippen LogP contribution in [0.4, 0.5) is 11.5 Å². The molecular weight excluding hydrogens is 330 g/mol. The number of carbonyl (C=O) groups is 1. The van der Waals surface area contributed by atoms with E-state index in [9.17, 15) is 4.79 Å². The molecule has 25 heavy (non-hydrogen) atoms. The Morgan fingerprint density at radius 2 is 2.08 bits per heavy atom. The lowest BCUT2D eigenvalue weighted by Crippen LogP contribution is -2.41. The van der Waals surface area contributed by atoms with Crippen molar-refractivity contribution in [1.29, 1.82) is 0 Å². The molecule has 1 N–H and O–H groups in total. The number of aryl methyl sites for hydroxylation is 1. The molecule has 1 unspecified atom stereocenters. The number of hydrogen-bond donors (Lipinski definition) is 1. The number of carbonyl (C=O) groups excluding carboxylic acids is 1. The normalized spacial score (nSPS) is 17.6. The van der Waals surface area contributed by atoms with Crippen LogP contribution in [0.1, 0.15) is 18.4 Å². The van der Waals surface area contributed by atoms with Crippen LogP contribution in [0.5, 0.6) is 0 Å². The van der Waals surface area contributed by atoms with E-state index in [4.69, 9.17) is 0 Å². The summed E-state index contributed by atoms with van der Waals surface area (Å²) in [6, 6.07) is 12.1. The molecule has 3 aromatic rings. The molecular formula is C20H21N3OS. The van der Waals surface area contributed by atoms with E-state index in [0.717, 1.165) is 37.4 Å². The molecule has 0 saturated carbocycles. The Morgan fingerprint density at radius 1 is 1.24 bits per heavy atom. The minimum atomic E-state index is -0.00857. The second-order valence-corrected chi connectivity index (χ2v) is 7.56. The highest BCUT2D eigenvalue weighted by Gasteiger charge is 2.27. The van der Waals surface area contributed by atoms with Gasteiger partial charge in [0.2, 0.25) is 5.91 Å². The highest BCUT2D eigenvalue weighted by atomic mass is 32.1. The number of pyridine rings is 1. The fourth-order valence-electron chi connectivity index (χ4n) is 3.40. The van der Waals surface area contributed by atoms with Crippen molar-refractivity contribution in [2.75, 3.05) is 23.3 Å². The number of aromatic nitrogens is 1. The third kappa shape index (κ3) is 3.37. The Hall–Kier alpha value is -2.40. The summed E-state index contributed by atoms with van der Waals surface area (Å²) in [7, 11) is 0. The van der Waals surface area contributed by atoms with Crippen LogP contribution in [0.15, 0.2) is 48.0 Å². The molecule has 1 fully saturated rings. The lowest BCUT2D eigenvalue weighted by molar-refractivity contribution is -0.120. The summed E-state index contributed by atoms with van der Waals surface area (Å²) in [5.41, 5.74) is 2.06. The fraction of sp³-hybridized carbons (Fsp3) is 0.300. The highest BCUT2D eigenvalue weighted by molar-refractivity contribution is 7.17. The van der Waals surface area contributed by atoms with Crippen molar-refractivity contribution in [3.05, 3.63) is 53.5 Å². The molecule has 5 heteroatoms. The third-order valence-electron chi connectivity index (χ3n) is 4.77. The zero-order valence-electron chi connectivity index (χ0n) is 14.2. The van der Waals surface area contributed by atoms with Gasteiger partial charge in [0.25, 0.3) is 0 Å². The van der Waals surface area contributed by atoms with E-state index in [-0.39, 0.29) is 11.8 Å². The molecule has 1 amide bonds. The van der Waals surface area contributed by atoms with Crippen LogP contribution in [0.2, 0.25) is 0 Å². The Kier molecular flexibility index (Phi) is 4.40. The molecule has 0 aliphatic carbocycles. The van der Waals surface area contributed by atoms with Gasteiger partial charge in [-0.2, -0.15) is 0 Å². The van der Waals surface area contributed by atoms with E-state index in [1.165, 1.54) is 15.6 Å². The molecule has 1 aliphatic heterocycles. The molecule has 128 valence electrons. The van der Waals surface area contributed by atoms with Crippen LogP contribution in [0.25, 0.3) is 10.1 Å². The highest BCUT2D eigenvalue weighted by Crippen LogP contribution is 2.31. The number of fused-ring (bicyclic) bond motifs is 1. The molecule has 2 aromatic heterocycles. The van der Waals surface area contributed by atoms with Gasteiger partial charge in [-0.15, -0.1) is 11.3 Å². The zero-order valence-corrected chi connectivity index (χ0v) is 15.1. The molecule has 0 bridgehead atoms. The maximum Gasteiger partial charge on any atom is 0.229 e. The number of amides is 1. The van der Waals surface area contributed by atoms with E-state index in [1.807, 2.05) is 37.4 Å². The quantitative estimate of drug-likeness (QED) is 0.758. The third-order valence-corrected chi connectivity index (χ3v) is 5.65. The van der Waals surface area contributed by atoms with Gasteiger partial charge in [0.1, 0.15) is 5.82 Å². The molecule has 4 nitrogen and oxygen atoms in total. The maximum atomic E-state index is 12.7. The number of nitrogens with zero attached hydrogens (tertiary/aromatic N) is 2. The van der Waals surface area contributed by atoms with Gasteiger partial charge in [-0.1, -0.05) is 17.7 Å². The van der Waals surface area contributed by atoms with E-state index in [0.29, 0.717) is 0 Å². The van der Waals surface area contributed by atoms with Crippen LogP contribution >= 0.6 is 11.3 Å². The van der Waals surface area contributed by atoms with Gasteiger partial charge >= 0.3 is 0 Å². The first-order valence-electron chi connectivity index (χ1n) is 8.65. The molecule has 0 spiro atoms. The van der Waals surface area contributed by atoms with Crippen LogP contribution in [0.3, 0.4) is 0 Å². The SMILES string of the molecule is Cc1ccc(NC(=O)C2CCCN(c3nccc4sccc34)C2)cc1. The number of hydrogen-bond acceptors (Lipinski definition) is 4. The van der Waals surface area contributed by atoms with Gasteiger partial charge in [0.05, 0.1) is 5.92 Å². The van der Waals surface area contributed by atoms with Crippen LogP contribution < -0.4 is 10.2 Å². The van der Waals surface area contributed by atoms with Gasteiger partial charge in [0.15, 0.2) is 0 Å². The molecule has 1 aromatic carbocycles. The molecule has 1 aliphatic rings. The van der Waals surface area contributed by atoms with Crippen molar-refractivity contribution in [3.63, 3.8) is 0 Å². The molecule has 3 heterocycles. The van der Waals surface area contributed by atoms with Gasteiger partial charge < -0.3 is 10.2 Å². The van der Waals surface area contributed by atoms with Crippen LogP contribution in [-0.4, -0.2) is 24.0 Å². The van der Waals surface area contributed by atoms with E-state index in [2.05, 4.69) is 32.7 Å². The zero-order chi connectivity index (χ0) is 17.2. The Labute approximate surface area is 151 Å². The summed E-state index contributed by atoms with van der Waals surface area (Å²) in [5, 5.41) is 6.34. The summed E-state index contributed by atoms with van der Waals surface area (Å²) in [6.07, 6.45) is 3.80. The maximum absolute atomic E-state index is 12.7. The summed E-state index contributed by atoms with van der Waals surface area (Å²) in [4.78, 5) is 19.5. The van der Waals surface area contributed by atoms with Crippen LogP contribution in [-0.2, 0) is 4.79 Å². The number of nitrogens with one attached hydrogen (secondary N) is 1. The van der Waals surface area contributed by atoms with Crippen molar-refractivity contribution in [2.45, 2.75) is 19.8 Å². The largest absolute Gasteiger partial charge is 0.355 e. The second kappa shape index (κ2) is 6.84. The number of rotatable bonds is 3. The summed E-state index contributed by atoms with van der Waals surface area (Å²) >= 11 is 1.73. The number of benzene rings is 1. The molecule has 1 saturated heterocycles. The standard InChI is InChI=1S/C20H21N3OS/c1-14-4-6-16(7-5-14)22-20(24)15-3-2-11-23(13-15)19-17-9-12-25-18(17)8-10-21-19/h4-10,12,15H,2-3,11,13H2,1H3,(H,22,24). The summed E-state index contributed by atoms with van der Waals surface area (Å²) in [5.74, 6) is 1.10. The Morgan fingerprint density at radius 3 is 2.92 bits per heavy atom. The molecule has 4 rings (SSSR count). The average Bonchev–Trinajstić information content (AvgIpc) is 3.12. The second-order valence-electron chi connectivity index (χ2n) is 6.61. The molecule has 0 radical (unpaired) electrons. The van der Waals surface area contributed by atoms with Gasteiger partial charge in [-0.25, -0.2) is 4.98 Å². The van der Waals surface area contributed by atoms with Crippen LogP contribution in [0, 0.1) is 12.8 Å². The fourth-order valence-corrected chi connectivity index (χ4v) is 4.17. The topological polar surface area (TPSA) is 45.2 Å². The number of anilines is 2. The first kappa shape index (κ1) is 16.1. The average molecular weight is 351 g/mol. The lowest BCUT2D eigenvalue weighted by atomic mass is 9.96. The minimum absolute atomic E-state index is 0.00857. The first-order valence-corrected chi connectivity index (χ1v) is 9.53. The predicted molar refractivity (Wildman–Crippen MR) is 104 cm³/mol. The van der Waals surface area contributed by atoms with Gasteiger partial charge in [0, 0.05) is 35.1 Å². The smallest absolute Gasteiger partial charge is 0.229 e. The van der Waals surface area contributed by atoms with Gasteiger partial charge in [-0.05, 0) is 49.4 Å². The monoisotopic (exact) mass is 351 g/mol. The first-order chi connectivity index (χ1) is 12.2. The van der Waals surface area contributed by atoms with E-state index in [1.54, 1.807) is 11.3 Å². The summed E-state index contributed by atoms with van der Waals surface area (Å²) < 4.78 is 1.25. The van der Waals surface area contributed by atoms with Crippen molar-refractivity contribution >= 4 is 38.8 Å². The van der Waals surface area contributed by atoms with Crippen molar-refractivity contribution in [2.24, 2.45) is 5.92 Å².